The van der Waals surface area contributed by atoms with Gasteiger partial charge in [0.05, 0.1) is 0 Å². The molecular formula is C29H31F3N4O6. The van der Waals surface area contributed by atoms with Crippen molar-refractivity contribution in [1.29, 1.82) is 0 Å². The van der Waals surface area contributed by atoms with Crippen LogP contribution < -0.4 is 21.5 Å². The molecular weight excluding hydrogens is 557 g/mol. The van der Waals surface area contributed by atoms with Gasteiger partial charge in [-0.25, -0.2) is 9.59 Å². The van der Waals surface area contributed by atoms with Crippen LogP contribution in [-0.2, 0) is 14.4 Å². The number of nitrogens with zero attached hydrogens (tertiary/aromatic N) is 1. The van der Waals surface area contributed by atoms with Gasteiger partial charge in [-0.15, -0.1) is 0 Å². The van der Waals surface area contributed by atoms with Gasteiger partial charge in [0.15, 0.2) is 12.6 Å². The number of aliphatic carboxylic acids is 2. The number of carbonyl (C=O) groups is 3. The molecule has 10 nitrogen and oxygen atoms in total. The number of hydrogen-bond donors (Lipinski definition) is 5. The van der Waals surface area contributed by atoms with Crippen LogP contribution in [0.5, 0.6) is 5.75 Å². The number of rotatable bonds is 12. The number of guanidine groups is 1. The van der Waals surface area contributed by atoms with E-state index in [0.29, 0.717) is 12.2 Å². The van der Waals surface area contributed by atoms with Crippen molar-refractivity contribution in [1.82, 2.24) is 5.32 Å². The van der Waals surface area contributed by atoms with Gasteiger partial charge in [0, 0.05) is 18.0 Å². The van der Waals surface area contributed by atoms with Crippen LogP contribution in [0.3, 0.4) is 0 Å². The molecule has 7 N–H and O–H groups in total. The van der Waals surface area contributed by atoms with Gasteiger partial charge >= 0.3 is 18.1 Å². The van der Waals surface area contributed by atoms with Crippen molar-refractivity contribution in [3.05, 3.63) is 102 Å². The third-order valence-electron chi connectivity index (χ3n) is 5.68. The SMILES string of the molecule is NC(N)=NCCCC(NC(=O)COc1ccccc1C(c1ccccc1)c1ccccc1)C(=O)O.O=C(O)C(F)(F)F. The van der Waals surface area contributed by atoms with E-state index in [2.05, 4.69) is 34.6 Å². The standard InChI is InChI=1S/C27H30N4O4.C2HF3O2/c28-27(29)30-17-9-15-22(26(33)34)31-24(32)18-35-23-16-8-7-14-21(23)25(19-10-3-1-4-11-19)20-12-5-2-6-13-20;3-2(4,5)1(6)7/h1-8,10-14,16,22,25H,9,15,17-18H2,(H,31,32)(H,33,34)(H4,28,29,30);(H,6,7). The summed E-state index contributed by atoms with van der Waals surface area (Å²) >= 11 is 0. The van der Waals surface area contributed by atoms with E-state index in [1.54, 1.807) is 0 Å². The number of benzene rings is 3. The van der Waals surface area contributed by atoms with E-state index in [1.807, 2.05) is 60.7 Å². The molecule has 0 saturated carbocycles. The highest BCUT2D eigenvalue weighted by molar-refractivity contribution is 5.84. The Kier molecular flexibility index (Phi) is 12.8. The Bertz CT molecular complexity index is 1290. The van der Waals surface area contributed by atoms with Crippen LogP contribution in [-0.4, -0.2) is 59.4 Å². The molecule has 3 aromatic rings. The predicted octanol–water partition coefficient (Wildman–Crippen LogP) is 3.50. The first-order valence-corrected chi connectivity index (χ1v) is 12.6. The van der Waals surface area contributed by atoms with Gasteiger partial charge in [-0.1, -0.05) is 78.9 Å². The lowest BCUT2D eigenvalue weighted by molar-refractivity contribution is -0.192. The number of para-hydroxylation sites is 1. The van der Waals surface area contributed by atoms with Crippen LogP contribution in [0.25, 0.3) is 0 Å². The zero-order valence-electron chi connectivity index (χ0n) is 22.3. The number of carboxylic acids is 2. The Morgan fingerprint density at radius 2 is 1.36 bits per heavy atom. The zero-order chi connectivity index (χ0) is 31.1. The van der Waals surface area contributed by atoms with E-state index in [-0.39, 0.29) is 31.4 Å². The van der Waals surface area contributed by atoms with Crippen molar-refractivity contribution >= 4 is 23.8 Å². The smallest absolute Gasteiger partial charge is 0.483 e. The second-order valence-electron chi connectivity index (χ2n) is 8.79. The van der Waals surface area contributed by atoms with Gasteiger partial charge in [-0.2, -0.15) is 13.2 Å². The second-order valence-corrected chi connectivity index (χ2v) is 8.79. The van der Waals surface area contributed by atoms with Crippen LogP contribution in [0.2, 0.25) is 0 Å². The predicted molar refractivity (Wildman–Crippen MR) is 149 cm³/mol. The highest BCUT2D eigenvalue weighted by atomic mass is 19.4. The topological polar surface area (TPSA) is 177 Å². The van der Waals surface area contributed by atoms with Crippen molar-refractivity contribution in [2.75, 3.05) is 13.2 Å². The number of aliphatic imine (C=N–C) groups is 1. The summed E-state index contributed by atoms with van der Waals surface area (Å²) in [4.78, 5) is 36.8. The van der Waals surface area contributed by atoms with Gasteiger partial charge in [-0.3, -0.25) is 9.79 Å². The molecule has 13 heteroatoms. The van der Waals surface area contributed by atoms with Crippen LogP contribution in [0.15, 0.2) is 89.9 Å². The van der Waals surface area contributed by atoms with Gasteiger partial charge in [0.2, 0.25) is 0 Å². The number of ether oxygens (including phenoxy) is 1. The molecule has 0 fully saturated rings. The summed E-state index contributed by atoms with van der Waals surface area (Å²) in [5.41, 5.74) is 13.6. The summed E-state index contributed by atoms with van der Waals surface area (Å²) in [7, 11) is 0. The lowest BCUT2D eigenvalue weighted by Crippen LogP contribution is -2.43. The van der Waals surface area contributed by atoms with Crippen molar-refractivity contribution in [3.63, 3.8) is 0 Å². The lowest BCUT2D eigenvalue weighted by atomic mass is 9.85. The maximum absolute atomic E-state index is 12.5. The summed E-state index contributed by atoms with van der Waals surface area (Å²) < 4.78 is 37.6. The number of carboxylic acid groups (broad SMARTS) is 2. The molecule has 1 amide bonds. The van der Waals surface area contributed by atoms with E-state index in [0.717, 1.165) is 16.7 Å². The van der Waals surface area contributed by atoms with E-state index in [1.165, 1.54) is 0 Å². The monoisotopic (exact) mass is 588 g/mol. The Hall–Kier alpha value is -5.07. The molecule has 0 spiro atoms. The fourth-order valence-electron chi connectivity index (χ4n) is 3.83. The molecule has 3 rings (SSSR count). The molecule has 0 heterocycles. The summed E-state index contributed by atoms with van der Waals surface area (Å²) in [6.45, 7) is -0.0305. The maximum Gasteiger partial charge on any atom is 0.490 e. The van der Waals surface area contributed by atoms with Crippen molar-refractivity contribution in [3.8, 4) is 5.75 Å². The molecule has 0 saturated heterocycles. The third kappa shape index (κ3) is 11.2. The quantitative estimate of drug-likeness (QED) is 0.0924. The van der Waals surface area contributed by atoms with Gasteiger partial charge in [0.1, 0.15) is 11.8 Å². The number of nitrogens with two attached hydrogens (primary N) is 2. The molecule has 0 bridgehead atoms. The molecule has 1 atom stereocenters. The summed E-state index contributed by atoms with van der Waals surface area (Å²) in [5, 5.41) is 19.1. The van der Waals surface area contributed by atoms with E-state index in [9.17, 15) is 27.9 Å². The van der Waals surface area contributed by atoms with Crippen LogP contribution in [0.1, 0.15) is 35.4 Å². The van der Waals surface area contributed by atoms with Gasteiger partial charge < -0.3 is 31.7 Å². The van der Waals surface area contributed by atoms with Crippen molar-refractivity contribution in [2.45, 2.75) is 31.0 Å². The molecule has 3 aromatic carbocycles. The minimum absolute atomic E-state index is 0.0581. The van der Waals surface area contributed by atoms with Gasteiger partial charge in [0.25, 0.3) is 5.91 Å². The van der Waals surface area contributed by atoms with E-state index >= 15 is 0 Å². The number of hydrogen-bond acceptors (Lipinski definition) is 5. The Labute approximate surface area is 239 Å². The van der Waals surface area contributed by atoms with Crippen LogP contribution >= 0.6 is 0 Å². The summed E-state index contributed by atoms with van der Waals surface area (Å²) in [6, 6.07) is 26.6. The number of nitrogens with one attached hydrogen (secondary N) is 1. The largest absolute Gasteiger partial charge is 0.490 e. The number of amides is 1. The summed E-state index contributed by atoms with van der Waals surface area (Å²) in [6.07, 6.45) is -4.48. The Balaban J connectivity index is 0.000000782. The normalized spacial score (nSPS) is 11.4. The first-order valence-electron chi connectivity index (χ1n) is 12.6. The molecule has 0 aromatic heterocycles. The fourth-order valence-corrected chi connectivity index (χ4v) is 3.83. The third-order valence-corrected chi connectivity index (χ3v) is 5.68. The fraction of sp³-hybridized carbons (Fsp3) is 0.241. The molecule has 1 unspecified atom stereocenters. The molecule has 42 heavy (non-hydrogen) atoms. The van der Waals surface area contributed by atoms with Crippen molar-refractivity contribution < 1.29 is 42.5 Å². The lowest BCUT2D eigenvalue weighted by Gasteiger charge is -2.22. The van der Waals surface area contributed by atoms with Crippen LogP contribution in [0.4, 0.5) is 13.2 Å². The first-order chi connectivity index (χ1) is 19.9. The zero-order valence-corrected chi connectivity index (χ0v) is 22.3. The molecule has 0 aliphatic heterocycles. The number of alkyl halides is 3. The minimum Gasteiger partial charge on any atom is -0.483 e. The average molecular weight is 589 g/mol. The van der Waals surface area contributed by atoms with Crippen LogP contribution in [0, 0.1) is 0 Å². The Morgan fingerprint density at radius 3 is 1.83 bits per heavy atom. The average Bonchev–Trinajstić information content (AvgIpc) is 2.95. The van der Waals surface area contributed by atoms with E-state index in [4.69, 9.17) is 26.1 Å². The van der Waals surface area contributed by atoms with Crippen molar-refractivity contribution in [2.24, 2.45) is 16.5 Å². The molecule has 0 aliphatic carbocycles. The summed E-state index contributed by atoms with van der Waals surface area (Å²) in [5.74, 6) is -4.01. The van der Waals surface area contributed by atoms with Gasteiger partial charge in [-0.05, 0) is 30.0 Å². The number of halogens is 3. The minimum atomic E-state index is -5.08. The number of carbonyl (C=O) groups excluding carboxylic acids is 1. The molecule has 0 radical (unpaired) electrons. The molecule has 224 valence electrons. The second kappa shape index (κ2) is 16.3. The van der Waals surface area contributed by atoms with E-state index < -0.39 is 30.1 Å². The highest BCUT2D eigenvalue weighted by Crippen LogP contribution is 2.37. The highest BCUT2D eigenvalue weighted by Gasteiger charge is 2.38. The first kappa shape index (κ1) is 33.1. The maximum atomic E-state index is 12.5. The molecule has 0 aliphatic rings. The Morgan fingerprint density at radius 1 is 0.857 bits per heavy atom.